The number of hydrogen-bond acceptors (Lipinski definition) is 5. The molecule has 0 aromatic heterocycles. The lowest BCUT2D eigenvalue weighted by Crippen LogP contribution is -2.56. The number of carbonyl (C=O) groups is 3. The van der Waals surface area contributed by atoms with Crippen LogP contribution in [-0.4, -0.2) is 54.2 Å². The SMILES string of the molecule is COc1ccc(C(=O)NC(CC(C)C)C(=O)NC(Cc2ccccc2)C(O)C(=O)NC2CC2)cc1. The summed E-state index contributed by atoms with van der Waals surface area (Å²) in [5.41, 5.74) is 1.27. The van der Waals surface area contributed by atoms with Crippen molar-refractivity contribution >= 4 is 17.7 Å². The van der Waals surface area contributed by atoms with Gasteiger partial charge in [0.25, 0.3) is 11.8 Å². The third kappa shape index (κ3) is 8.10. The molecule has 8 nitrogen and oxygen atoms in total. The summed E-state index contributed by atoms with van der Waals surface area (Å²) in [5.74, 6) is -0.589. The predicted octanol–water partition coefficient (Wildman–Crippen LogP) is 2.21. The van der Waals surface area contributed by atoms with Gasteiger partial charge in [-0.05, 0) is 61.4 Å². The van der Waals surface area contributed by atoms with E-state index in [4.69, 9.17) is 4.74 Å². The fourth-order valence-electron chi connectivity index (χ4n) is 3.78. The number of hydrogen-bond donors (Lipinski definition) is 4. The maximum atomic E-state index is 13.3. The fraction of sp³-hybridized carbons (Fsp3) is 0.444. The zero-order chi connectivity index (χ0) is 25.4. The molecular formula is C27H35N3O5. The van der Waals surface area contributed by atoms with Gasteiger partial charge in [-0.25, -0.2) is 0 Å². The maximum Gasteiger partial charge on any atom is 0.251 e. The van der Waals surface area contributed by atoms with E-state index in [2.05, 4.69) is 16.0 Å². The van der Waals surface area contributed by atoms with Crippen LogP contribution in [0.25, 0.3) is 0 Å². The van der Waals surface area contributed by atoms with Gasteiger partial charge < -0.3 is 25.8 Å². The van der Waals surface area contributed by atoms with Crippen molar-refractivity contribution in [1.29, 1.82) is 0 Å². The number of aliphatic hydroxyl groups is 1. The van der Waals surface area contributed by atoms with Gasteiger partial charge in [-0.1, -0.05) is 44.2 Å². The van der Waals surface area contributed by atoms with Gasteiger partial charge >= 0.3 is 0 Å². The second-order valence-electron chi connectivity index (χ2n) is 9.42. The van der Waals surface area contributed by atoms with Crippen LogP contribution in [0.5, 0.6) is 5.75 Å². The molecule has 2 aromatic rings. The van der Waals surface area contributed by atoms with E-state index in [0.29, 0.717) is 17.7 Å². The van der Waals surface area contributed by atoms with E-state index in [-0.39, 0.29) is 24.3 Å². The summed E-state index contributed by atoms with van der Waals surface area (Å²) in [6.45, 7) is 3.92. The van der Waals surface area contributed by atoms with Crippen molar-refractivity contribution in [2.24, 2.45) is 5.92 Å². The zero-order valence-electron chi connectivity index (χ0n) is 20.5. The molecule has 1 fully saturated rings. The van der Waals surface area contributed by atoms with E-state index in [0.717, 1.165) is 18.4 Å². The third-order valence-electron chi connectivity index (χ3n) is 5.88. The number of aliphatic hydroxyl groups excluding tert-OH is 1. The number of nitrogens with one attached hydrogen (secondary N) is 3. The smallest absolute Gasteiger partial charge is 0.251 e. The largest absolute Gasteiger partial charge is 0.497 e. The van der Waals surface area contributed by atoms with Gasteiger partial charge in [0.1, 0.15) is 11.8 Å². The van der Waals surface area contributed by atoms with Crippen LogP contribution in [0.3, 0.4) is 0 Å². The molecule has 188 valence electrons. The first-order chi connectivity index (χ1) is 16.8. The normalized spacial score (nSPS) is 15.6. The molecule has 35 heavy (non-hydrogen) atoms. The Bertz CT molecular complexity index is 990. The van der Waals surface area contributed by atoms with Crippen LogP contribution in [0, 0.1) is 5.92 Å². The molecule has 0 aliphatic heterocycles. The lowest BCUT2D eigenvalue weighted by atomic mass is 9.98. The number of rotatable bonds is 12. The third-order valence-corrected chi connectivity index (χ3v) is 5.88. The summed E-state index contributed by atoms with van der Waals surface area (Å²) in [7, 11) is 1.54. The van der Waals surface area contributed by atoms with Crippen LogP contribution in [0.4, 0.5) is 0 Å². The molecule has 3 rings (SSSR count). The summed E-state index contributed by atoms with van der Waals surface area (Å²) in [6.07, 6.45) is 1.03. The molecule has 4 N–H and O–H groups in total. The van der Waals surface area contributed by atoms with Crippen LogP contribution in [0.1, 0.15) is 49.0 Å². The van der Waals surface area contributed by atoms with Crippen molar-refractivity contribution in [2.75, 3.05) is 7.11 Å². The molecule has 8 heteroatoms. The highest BCUT2D eigenvalue weighted by atomic mass is 16.5. The molecule has 0 radical (unpaired) electrons. The molecule has 1 saturated carbocycles. The lowest BCUT2D eigenvalue weighted by molar-refractivity contribution is -0.132. The molecular weight excluding hydrogens is 446 g/mol. The van der Waals surface area contributed by atoms with Gasteiger partial charge in [0.15, 0.2) is 6.10 Å². The van der Waals surface area contributed by atoms with Crippen LogP contribution >= 0.6 is 0 Å². The van der Waals surface area contributed by atoms with Crippen molar-refractivity contribution in [3.05, 3.63) is 65.7 Å². The average molecular weight is 482 g/mol. The van der Waals surface area contributed by atoms with Gasteiger partial charge in [-0.2, -0.15) is 0 Å². The zero-order valence-corrected chi connectivity index (χ0v) is 20.5. The van der Waals surface area contributed by atoms with Crippen LogP contribution in [0.2, 0.25) is 0 Å². The van der Waals surface area contributed by atoms with Gasteiger partial charge in [-0.15, -0.1) is 0 Å². The summed E-state index contributed by atoms with van der Waals surface area (Å²) in [4.78, 5) is 38.7. The van der Waals surface area contributed by atoms with E-state index < -0.39 is 30.0 Å². The Morgan fingerprint density at radius 2 is 1.63 bits per heavy atom. The first kappa shape index (κ1) is 26.2. The first-order valence-corrected chi connectivity index (χ1v) is 12.0. The van der Waals surface area contributed by atoms with Crippen LogP contribution in [-0.2, 0) is 16.0 Å². The predicted molar refractivity (Wildman–Crippen MR) is 133 cm³/mol. The summed E-state index contributed by atoms with van der Waals surface area (Å²) < 4.78 is 5.13. The Morgan fingerprint density at radius 1 is 0.971 bits per heavy atom. The Kier molecular flexibility index (Phi) is 9.25. The summed E-state index contributed by atoms with van der Waals surface area (Å²) in [5, 5.41) is 19.3. The van der Waals surface area contributed by atoms with Gasteiger partial charge in [0, 0.05) is 11.6 Å². The number of amides is 3. The highest BCUT2D eigenvalue weighted by Crippen LogP contribution is 2.19. The molecule has 1 aliphatic rings. The molecule has 0 bridgehead atoms. The minimum absolute atomic E-state index is 0.0858. The number of carbonyl (C=O) groups excluding carboxylic acids is 3. The second kappa shape index (κ2) is 12.4. The lowest BCUT2D eigenvalue weighted by Gasteiger charge is -2.27. The highest BCUT2D eigenvalue weighted by molar-refractivity contribution is 5.97. The molecule has 0 spiro atoms. The summed E-state index contributed by atoms with van der Waals surface area (Å²) in [6, 6.07) is 14.4. The van der Waals surface area contributed by atoms with Gasteiger partial charge in [-0.3, -0.25) is 14.4 Å². The molecule has 0 heterocycles. The molecule has 1 aliphatic carbocycles. The molecule has 3 unspecified atom stereocenters. The van der Waals surface area contributed by atoms with E-state index >= 15 is 0 Å². The first-order valence-electron chi connectivity index (χ1n) is 12.0. The minimum Gasteiger partial charge on any atom is -0.497 e. The average Bonchev–Trinajstić information content (AvgIpc) is 3.67. The number of benzene rings is 2. The fourth-order valence-corrected chi connectivity index (χ4v) is 3.78. The molecule has 3 atom stereocenters. The Balaban J connectivity index is 1.74. The maximum absolute atomic E-state index is 13.3. The quantitative estimate of drug-likeness (QED) is 0.371. The standard InChI is InChI=1S/C27H35N3O5/c1-17(2)15-23(30-25(32)19-9-13-21(35-3)14-10-19)26(33)29-22(16-18-7-5-4-6-8-18)24(31)27(34)28-20-11-12-20/h4-10,13-14,17,20,22-24,31H,11-12,15-16H2,1-3H3,(H,28,34)(H,29,33)(H,30,32). The molecule has 0 saturated heterocycles. The topological polar surface area (TPSA) is 117 Å². The van der Waals surface area contributed by atoms with Crippen molar-refractivity contribution in [2.45, 2.75) is 63.8 Å². The Labute approximate surface area is 206 Å². The monoisotopic (exact) mass is 481 g/mol. The minimum atomic E-state index is -1.42. The summed E-state index contributed by atoms with van der Waals surface area (Å²) >= 11 is 0. The number of ether oxygens (including phenoxy) is 1. The van der Waals surface area contributed by atoms with Crippen molar-refractivity contribution in [3.8, 4) is 5.75 Å². The van der Waals surface area contributed by atoms with Crippen LogP contribution < -0.4 is 20.7 Å². The van der Waals surface area contributed by atoms with E-state index in [9.17, 15) is 19.5 Å². The van der Waals surface area contributed by atoms with E-state index in [1.54, 1.807) is 31.4 Å². The second-order valence-corrected chi connectivity index (χ2v) is 9.42. The van der Waals surface area contributed by atoms with Crippen molar-refractivity contribution in [1.82, 2.24) is 16.0 Å². The van der Waals surface area contributed by atoms with Crippen molar-refractivity contribution < 1.29 is 24.2 Å². The van der Waals surface area contributed by atoms with Crippen molar-refractivity contribution in [3.63, 3.8) is 0 Å². The number of methoxy groups -OCH3 is 1. The Morgan fingerprint density at radius 3 is 2.20 bits per heavy atom. The van der Waals surface area contributed by atoms with E-state index in [1.807, 2.05) is 44.2 Å². The van der Waals surface area contributed by atoms with E-state index in [1.165, 1.54) is 0 Å². The van der Waals surface area contributed by atoms with Crippen LogP contribution in [0.15, 0.2) is 54.6 Å². The Hall–Kier alpha value is -3.39. The molecule has 3 amide bonds. The van der Waals surface area contributed by atoms with Gasteiger partial charge in [0.2, 0.25) is 5.91 Å². The highest BCUT2D eigenvalue weighted by Gasteiger charge is 2.33. The molecule has 2 aromatic carbocycles. The van der Waals surface area contributed by atoms with Gasteiger partial charge in [0.05, 0.1) is 13.2 Å².